The minimum atomic E-state index is -0.770. The summed E-state index contributed by atoms with van der Waals surface area (Å²) in [6.07, 6.45) is 5.50. The number of carboxylic acids is 1. The Bertz CT molecular complexity index is 605. The molecule has 2 heterocycles. The maximum Gasteiger partial charge on any atom is 0.323 e. The average Bonchev–Trinajstić information content (AvgIpc) is 3.18. The van der Waals surface area contributed by atoms with E-state index in [2.05, 4.69) is 22.4 Å². The first-order valence-electron chi connectivity index (χ1n) is 8.17. The fraction of sp³-hybridized carbons (Fsp3) is 0.733. The van der Waals surface area contributed by atoms with Crippen LogP contribution in [0.5, 0.6) is 0 Å². The van der Waals surface area contributed by atoms with Gasteiger partial charge in [0, 0.05) is 19.5 Å². The van der Waals surface area contributed by atoms with Crippen LogP contribution in [0, 0.1) is 11.3 Å². The predicted molar refractivity (Wildman–Crippen MR) is 86.5 cm³/mol. The Balaban J connectivity index is 1.61. The van der Waals surface area contributed by atoms with Gasteiger partial charge in [0.25, 0.3) is 0 Å². The Morgan fingerprint density at radius 1 is 1.48 bits per heavy atom. The molecule has 2 aliphatic rings. The number of carbonyl (C=O) groups is 2. The number of rotatable bonds is 5. The standard InChI is InChI=1S/C15H22N4O3S/c1-2-3-6-11-17-18-13(23-11)16-14(22)19-8-10-5-4-7-15(10,9-19)12(20)21/h10H,2-9H2,1H3,(H,20,21)(H,16,18,22)/t10-,15+/m0/s1. The molecule has 8 heteroatoms. The van der Waals surface area contributed by atoms with Crippen LogP contribution in [-0.4, -0.2) is 45.3 Å². The zero-order chi connectivity index (χ0) is 16.4. The molecule has 1 aromatic rings. The van der Waals surface area contributed by atoms with E-state index in [1.165, 1.54) is 11.3 Å². The van der Waals surface area contributed by atoms with Crippen molar-refractivity contribution in [3.8, 4) is 0 Å². The molecule has 0 unspecified atom stereocenters. The van der Waals surface area contributed by atoms with Crippen molar-refractivity contribution in [3.05, 3.63) is 5.01 Å². The number of carboxylic acid groups (broad SMARTS) is 1. The van der Waals surface area contributed by atoms with Gasteiger partial charge in [-0.2, -0.15) is 0 Å². The number of hydrogen-bond acceptors (Lipinski definition) is 5. The number of urea groups is 1. The molecule has 7 nitrogen and oxygen atoms in total. The van der Waals surface area contributed by atoms with Crippen LogP contribution in [0.25, 0.3) is 0 Å². The van der Waals surface area contributed by atoms with Gasteiger partial charge in [-0.05, 0) is 25.2 Å². The van der Waals surface area contributed by atoms with Gasteiger partial charge in [0.15, 0.2) is 0 Å². The van der Waals surface area contributed by atoms with E-state index < -0.39 is 11.4 Å². The van der Waals surface area contributed by atoms with Crippen LogP contribution in [0.15, 0.2) is 0 Å². The van der Waals surface area contributed by atoms with Crippen LogP contribution < -0.4 is 5.32 Å². The summed E-state index contributed by atoms with van der Waals surface area (Å²) < 4.78 is 0. The fourth-order valence-electron chi connectivity index (χ4n) is 3.70. The van der Waals surface area contributed by atoms with Gasteiger partial charge >= 0.3 is 12.0 Å². The molecule has 1 aliphatic heterocycles. The summed E-state index contributed by atoms with van der Waals surface area (Å²) in [6, 6.07) is -0.266. The monoisotopic (exact) mass is 338 g/mol. The Kier molecular flexibility index (Phi) is 4.52. The summed E-state index contributed by atoms with van der Waals surface area (Å²) in [5.74, 6) is -0.701. The first kappa shape index (κ1) is 16.2. The molecule has 0 radical (unpaired) electrons. The third kappa shape index (κ3) is 3.04. The van der Waals surface area contributed by atoms with E-state index in [0.717, 1.165) is 37.1 Å². The van der Waals surface area contributed by atoms with E-state index in [1.54, 1.807) is 4.90 Å². The highest BCUT2D eigenvalue weighted by Crippen LogP contribution is 2.48. The van der Waals surface area contributed by atoms with E-state index in [1.807, 2.05) is 0 Å². The lowest BCUT2D eigenvalue weighted by Gasteiger charge is -2.23. The molecule has 1 aromatic heterocycles. The number of anilines is 1. The van der Waals surface area contributed by atoms with E-state index in [4.69, 9.17) is 0 Å². The molecular formula is C15H22N4O3S. The number of aryl methyl sites for hydroxylation is 1. The minimum Gasteiger partial charge on any atom is -0.481 e. The molecule has 2 N–H and O–H groups in total. The molecule has 2 amide bonds. The molecule has 0 bridgehead atoms. The first-order chi connectivity index (χ1) is 11.0. The highest BCUT2D eigenvalue weighted by Gasteiger charge is 2.55. The predicted octanol–water partition coefficient (Wildman–Crippen LogP) is 2.60. The van der Waals surface area contributed by atoms with Crippen molar-refractivity contribution in [2.75, 3.05) is 18.4 Å². The molecule has 126 valence electrons. The molecule has 2 atom stereocenters. The van der Waals surface area contributed by atoms with Gasteiger partial charge in [0.2, 0.25) is 5.13 Å². The van der Waals surface area contributed by atoms with Crippen molar-refractivity contribution < 1.29 is 14.7 Å². The SMILES string of the molecule is CCCCc1nnc(NC(=O)N2C[C@@H]3CCC[C@@]3(C(=O)O)C2)s1. The molecule has 0 spiro atoms. The summed E-state index contributed by atoms with van der Waals surface area (Å²) >= 11 is 1.39. The maximum atomic E-state index is 12.4. The Morgan fingerprint density at radius 3 is 3.00 bits per heavy atom. The van der Waals surface area contributed by atoms with E-state index >= 15 is 0 Å². The van der Waals surface area contributed by atoms with Crippen LogP contribution in [0.1, 0.15) is 44.0 Å². The number of aromatic nitrogens is 2. The van der Waals surface area contributed by atoms with Crippen molar-refractivity contribution in [2.45, 2.75) is 45.4 Å². The van der Waals surface area contributed by atoms with Crippen molar-refractivity contribution in [3.63, 3.8) is 0 Å². The van der Waals surface area contributed by atoms with E-state index in [-0.39, 0.29) is 11.9 Å². The van der Waals surface area contributed by atoms with E-state index in [0.29, 0.717) is 24.6 Å². The second-order valence-electron chi connectivity index (χ2n) is 6.47. The number of nitrogens with zero attached hydrogens (tertiary/aromatic N) is 3. The highest BCUT2D eigenvalue weighted by atomic mass is 32.1. The smallest absolute Gasteiger partial charge is 0.323 e. The van der Waals surface area contributed by atoms with Crippen molar-refractivity contribution >= 4 is 28.5 Å². The summed E-state index contributed by atoms with van der Waals surface area (Å²) in [6.45, 7) is 2.92. The van der Waals surface area contributed by atoms with Crippen molar-refractivity contribution in [1.82, 2.24) is 15.1 Å². The molecule has 23 heavy (non-hydrogen) atoms. The quantitative estimate of drug-likeness (QED) is 0.860. The topological polar surface area (TPSA) is 95.4 Å². The number of hydrogen-bond donors (Lipinski definition) is 2. The third-order valence-electron chi connectivity index (χ3n) is 5.01. The largest absolute Gasteiger partial charge is 0.481 e. The average molecular weight is 338 g/mol. The summed E-state index contributed by atoms with van der Waals surface area (Å²) in [5.41, 5.74) is -0.745. The first-order valence-corrected chi connectivity index (χ1v) is 8.98. The molecule has 0 aromatic carbocycles. The highest BCUT2D eigenvalue weighted by molar-refractivity contribution is 7.15. The van der Waals surface area contributed by atoms with Gasteiger partial charge in [0.1, 0.15) is 5.01 Å². The van der Waals surface area contributed by atoms with Crippen LogP contribution in [0.3, 0.4) is 0 Å². The van der Waals surface area contributed by atoms with Crippen LogP contribution >= 0.6 is 11.3 Å². The molecule has 1 saturated heterocycles. The summed E-state index contributed by atoms with van der Waals surface area (Å²) in [7, 11) is 0. The molecule has 2 fully saturated rings. The van der Waals surface area contributed by atoms with Crippen LogP contribution in [0.4, 0.5) is 9.93 Å². The molecule has 1 saturated carbocycles. The second-order valence-corrected chi connectivity index (χ2v) is 7.53. The zero-order valence-electron chi connectivity index (χ0n) is 13.2. The van der Waals surface area contributed by atoms with Crippen molar-refractivity contribution in [2.24, 2.45) is 11.3 Å². The lowest BCUT2D eigenvalue weighted by atomic mass is 9.81. The normalized spacial score (nSPS) is 26.3. The number of carbonyl (C=O) groups excluding carboxylic acids is 1. The van der Waals surface area contributed by atoms with Crippen molar-refractivity contribution in [1.29, 1.82) is 0 Å². The third-order valence-corrected chi connectivity index (χ3v) is 5.91. The number of fused-ring (bicyclic) bond motifs is 1. The Morgan fingerprint density at radius 2 is 2.30 bits per heavy atom. The van der Waals surface area contributed by atoms with Gasteiger partial charge in [-0.1, -0.05) is 31.1 Å². The number of aliphatic carboxylic acids is 1. The van der Waals surface area contributed by atoms with Gasteiger partial charge in [-0.25, -0.2) is 4.79 Å². The minimum absolute atomic E-state index is 0.0697. The number of unbranched alkanes of at least 4 members (excludes halogenated alkanes) is 1. The van der Waals surface area contributed by atoms with E-state index in [9.17, 15) is 14.7 Å². The number of nitrogens with one attached hydrogen (secondary N) is 1. The fourth-order valence-corrected chi connectivity index (χ4v) is 4.47. The molecule has 1 aliphatic carbocycles. The number of likely N-dealkylation sites (tertiary alicyclic amines) is 1. The Labute approximate surface area is 139 Å². The zero-order valence-corrected chi connectivity index (χ0v) is 14.1. The van der Waals surface area contributed by atoms with Gasteiger partial charge in [-0.3, -0.25) is 10.1 Å². The number of amides is 2. The van der Waals surface area contributed by atoms with Gasteiger partial charge in [0.05, 0.1) is 5.41 Å². The lowest BCUT2D eigenvalue weighted by Crippen LogP contribution is -2.38. The molecule has 3 rings (SSSR count). The summed E-state index contributed by atoms with van der Waals surface area (Å²) in [5, 5.41) is 21.8. The summed E-state index contributed by atoms with van der Waals surface area (Å²) in [4.78, 5) is 25.7. The Hall–Kier alpha value is -1.70. The van der Waals surface area contributed by atoms with Crippen LogP contribution in [0.2, 0.25) is 0 Å². The molecular weight excluding hydrogens is 316 g/mol. The lowest BCUT2D eigenvalue weighted by molar-refractivity contribution is -0.149. The van der Waals surface area contributed by atoms with Gasteiger partial charge in [-0.15, -0.1) is 10.2 Å². The van der Waals surface area contributed by atoms with Crippen LogP contribution in [-0.2, 0) is 11.2 Å². The maximum absolute atomic E-state index is 12.4. The second kappa shape index (κ2) is 6.43. The van der Waals surface area contributed by atoms with Gasteiger partial charge < -0.3 is 10.0 Å².